The minimum absolute atomic E-state index is 0.0272. The first kappa shape index (κ1) is 22.2. The molecule has 4 aromatic rings. The fourth-order valence-corrected chi connectivity index (χ4v) is 5.48. The van der Waals surface area contributed by atoms with Gasteiger partial charge < -0.3 is 14.9 Å². The van der Waals surface area contributed by atoms with Crippen LogP contribution in [-0.2, 0) is 0 Å². The Labute approximate surface area is 197 Å². The molecule has 5 rings (SSSR count). The first-order valence-electron chi connectivity index (χ1n) is 10.7. The van der Waals surface area contributed by atoms with E-state index in [4.69, 9.17) is 0 Å². The molecule has 1 saturated heterocycles. The van der Waals surface area contributed by atoms with Gasteiger partial charge in [0.15, 0.2) is 0 Å². The molecule has 0 spiro atoms. The third kappa shape index (κ3) is 3.86. The molecule has 174 valence electrons. The molecule has 0 atom stereocenters. The molecular weight excluding hydrogens is 460 g/mol. The van der Waals surface area contributed by atoms with Crippen LogP contribution in [0.25, 0.3) is 27.0 Å². The van der Waals surface area contributed by atoms with Crippen molar-refractivity contribution in [2.45, 2.75) is 0 Å². The minimum atomic E-state index is -1.25. The van der Waals surface area contributed by atoms with Crippen molar-refractivity contribution >= 4 is 33.2 Å². The van der Waals surface area contributed by atoms with Crippen LogP contribution >= 0.6 is 11.3 Å². The van der Waals surface area contributed by atoms with E-state index in [9.17, 15) is 23.5 Å². The highest BCUT2D eigenvalue weighted by Gasteiger charge is 2.24. The van der Waals surface area contributed by atoms with E-state index in [1.54, 1.807) is 0 Å². The van der Waals surface area contributed by atoms with Crippen molar-refractivity contribution in [3.63, 3.8) is 0 Å². The van der Waals surface area contributed by atoms with Gasteiger partial charge >= 0.3 is 5.97 Å². The Hall–Kier alpha value is -3.56. The Morgan fingerprint density at radius 1 is 0.941 bits per heavy atom. The number of thiophene rings is 1. The van der Waals surface area contributed by atoms with Gasteiger partial charge in [0.05, 0.1) is 5.69 Å². The average molecular weight is 482 g/mol. The molecule has 3 heterocycles. The standard InChI is InChI=1S/C25H21F2N3O3S/c1-28-10-12-29(13-11-28)16-3-5-17(6-4-16)30-21(31)9-8-19-22(23(25(32)33)34-24(19)30)18-7-2-15(26)14-20(18)27/h2-9,14H,10-13H2,1H3,(H,32,33). The Kier molecular flexibility index (Phi) is 5.66. The number of hydrogen-bond donors (Lipinski definition) is 1. The molecule has 1 fully saturated rings. The lowest BCUT2D eigenvalue weighted by atomic mass is 10.0. The summed E-state index contributed by atoms with van der Waals surface area (Å²) in [5.74, 6) is -2.86. The zero-order valence-corrected chi connectivity index (χ0v) is 19.1. The summed E-state index contributed by atoms with van der Waals surface area (Å²) in [5, 5.41) is 10.2. The van der Waals surface area contributed by atoms with Crippen molar-refractivity contribution in [2.24, 2.45) is 0 Å². The zero-order valence-electron chi connectivity index (χ0n) is 18.3. The number of hydrogen-bond acceptors (Lipinski definition) is 5. The number of aromatic carboxylic acids is 1. The molecule has 9 heteroatoms. The highest BCUT2D eigenvalue weighted by Crippen LogP contribution is 2.40. The van der Waals surface area contributed by atoms with E-state index in [-0.39, 0.29) is 21.6 Å². The number of aromatic nitrogens is 1. The van der Waals surface area contributed by atoms with Gasteiger partial charge in [-0.3, -0.25) is 9.36 Å². The maximum Gasteiger partial charge on any atom is 0.346 e. The van der Waals surface area contributed by atoms with Crippen molar-refractivity contribution < 1.29 is 18.7 Å². The largest absolute Gasteiger partial charge is 0.477 e. The Bertz CT molecular complexity index is 1460. The normalized spacial score (nSPS) is 14.6. The number of rotatable bonds is 4. The Morgan fingerprint density at radius 2 is 1.62 bits per heavy atom. The Balaban J connectivity index is 1.65. The van der Waals surface area contributed by atoms with Crippen molar-refractivity contribution in [1.82, 2.24) is 9.47 Å². The average Bonchev–Trinajstić information content (AvgIpc) is 3.19. The van der Waals surface area contributed by atoms with Gasteiger partial charge in [-0.2, -0.15) is 0 Å². The molecule has 34 heavy (non-hydrogen) atoms. The van der Waals surface area contributed by atoms with Crippen LogP contribution in [0.3, 0.4) is 0 Å². The summed E-state index contributed by atoms with van der Waals surface area (Å²) in [5.41, 5.74) is 1.40. The fraction of sp³-hybridized carbons (Fsp3) is 0.200. The highest BCUT2D eigenvalue weighted by molar-refractivity contribution is 7.21. The third-order valence-corrected chi connectivity index (χ3v) is 7.29. The maximum atomic E-state index is 14.6. The maximum absolute atomic E-state index is 14.6. The summed E-state index contributed by atoms with van der Waals surface area (Å²) in [6.07, 6.45) is 0. The van der Waals surface area contributed by atoms with Gasteiger partial charge in [0.1, 0.15) is 21.3 Å². The predicted molar refractivity (Wildman–Crippen MR) is 129 cm³/mol. The number of halogens is 2. The SMILES string of the molecule is CN1CCN(c2ccc(-n3c(=O)ccc4c(-c5ccc(F)cc5F)c(C(=O)O)sc43)cc2)CC1. The summed E-state index contributed by atoms with van der Waals surface area (Å²) in [7, 11) is 2.09. The summed E-state index contributed by atoms with van der Waals surface area (Å²) >= 11 is 0.895. The lowest BCUT2D eigenvalue weighted by Gasteiger charge is -2.34. The molecule has 2 aromatic heterocycles. The van der Waals surface area contributed by atoms with Crippen LogP contribution in [0, 0.1) is 11.6 Å². The molecule has 1 N–H and O–H groups in total. The number of carbonyl (C=O) groups is 1. The van der Waals surface area contributed by atoms with Crippen molar-refractivity contribution in [3.05, 3.63) is 81.5 Å². The quantitative estimate of drug-likeness (QED) is 0.467. The number of pyridine rings is 1. The molecule has 0 saturated carbocycles. The molecule has 2 aromatic carbocycles. The van der Waals surface area contributed by atoms with E-state index >= 15 is 0 Å². The van der Waals surface area contributed by atoms with Crippen LogP contribution in [0.1, 0.15) is 9.67 Å². The highest BCUT2D eigenvalue weighted by atomic mass is 32.1. The first-order valence-corrected chi connectivity index (χ1v) is 11.6. The van der Waals surface area contributed by atoms with Gasteiger partial charge in [0, 0.05) is 60.5 Å². The van der Waals surface area contributed by atoms with Crippen LogP contribution in [0.5, 0.6) is 0 Å². The van der Waals surface area contributed by atoms with Gasteiger partial charge in [-0.1, -0.05) is 0 Å². The smallest absolute Gasteiger partial charge is 0.346 e. The summed E-state index contributed by atoms with van der Waals surface area (Å²) < 4.78 is 29.5. The monoisotopic (exact) mass is 481 g/mol. The van der Waals surface area contributed by atoms with Gasteiger partial charge in [-0.15, -0.1) is 11.3 Å². The molecule has 0 unspecified atom stereocenters. The van der Waals surface area contributed by atoms with E-state index in [0.717, 1.165) is 55.3 Å². The molecule has 1 aliphatic rings. The molecule has 1 aliphatic heterocycles. The second-order valence-corrected chi connectivity index (χ2v) is 9.27. The molecular formula is C25H21F2N3O3S. The lowest BCUT2D eigenvalue weighted by molar-refractivity contribution is 0.0703. The summed E-state index contributed by atoms with van der Waals surface area (Å²) in [4.78, 5) is 29.7. The van der Waals surface area contributed by atoms with Crippen LogP contribution < -0.4 is 10.5 Å². The molecule has 0 bridgehead atoms. The van der Waals surface area contributed by atoms with E-state index in [1.165, 1.54) is 22.8 Å². The number of carboxylic acids is 1. The number of carboxylic acid groups (broad SMARTS) is 1. The number of benzene rings is 2. The number of fused-ring (bicyclic) bond motifs is 1. The van der Waals surface area contributed by atoms with Crippen LogP contribution in [0.4, 0.5) is 14.5 Å². The van der Waals surface area contributed by atoms with E-state index < -0.39 is 17.6 Å². The van der Waals surface area contributed by atoms with Gasteiger partial charge in [0.2, 0.25) is 0 Å². The summed E-state index contributed by atoms with van der Waals surface area (Å²) in [6, 6.07) is 13.4. The number of piperazine rings is 1. The van der Waals surface area contributed by atoms with Crippen LogP contribution in [0.15, 0.2) is 59.4 Å². The topological polar surface area (TPSA) is 65.8 Å². The van der Waals surface area contributed by atoms with Gasteiger partial charge in [-0.05, 0) is 49.5 Å². The van der Waals surface area contributed by atoms with Crippen molar-refractivity contribution in [2.75, 3.05) is 38.1 Å². The number of likely N-dealkylation sites (N-methyl/N-ethyl adjacent to an activating group) is 1. The second kappa shape index (κ2) is 8.66. The predicted octanol–water partition coefficient (Wildman–Crippen LogP) is 4.45. The fourth-order valence-electron chi connectivity index (χ4n) is 4.31. The van der Waals surface area contributed by atoms with Crippen LogP contribution in [0.2, 0.25) is 0 Å². The number of nitrogens with zero attached hydrogens (tertiary/aromatic N) is 3. The molecule has 0 radical (unpaired) electrons. The molecule has 0 amide bonds. The van der Waals surface area contributed by atoms with Gasteiger partial charge in [0.25, 0.3) is 5.56 Å². The van der Waals surface area contributed by atoms with Gasteiger partial charge in [-0.25, -0.2) is 13.6 Å². The van der Waals surface area contributed by atoms with E-state index in [0.29, 0.717) is 15.9 Å². The first-order chi connectivity index (χ1) is 16.3. The third-order valence-electron chi connectivity index (χ3n) is 6.11. The zero-order chi connectivity index (χ0) is 24.0. The van der Waals surface area contributed by atoms with Crippen molar-refractivity contribution in [1.29, 1.82) is 0 Å². The number of anilines is 1. The van der Waals surface area contributed by atoms with E-state index in [1.807, 2.05) is 24.3 Å². The van der Waals surface area contributed by atoms with Crippen LogP contribution in [-0.4, -0.2) is 53.8 Å². The lowest BCUT2D eigenvalue weighted by Crippen LogP contribution is -2.44. The van der Waals surface area contributed by atoms with Crippen molar-refractivity contribution in [3.8, 4) is 16.8 Å². The second-order valence-electron chi connectivity index (χ2n) is 8.27. The van der Waals surface area contributed by atoms with E-state index in [2.05, 4.69) is 16.8 Å². The molecule has 6 nitrogen and oxygen atoms in total. The summed E-state index contributed by atoms with van der Waals surface area (Å²) in [6.45, 7) is 3.75. The molecule has 0 aliphatic carbocycles. The Morgan fingerprint density at radius 3 is 2.26 bits per heavy atom. The minimum Gasteiger partial charge on any atom is -0.477 e.